The van der Waals surface area contributed by atoms with Crippen molar-refractivity contribution in [2.45, 2.75) is 44.5 Å². The van der Waals surface area contributed by atoms with E-state index >= 15 is 0 Å². The summed E-state index contributed by atoms with van der Waals surface area (Å²) in [6.45, 7) is 4.39. The third-order valence-electron chi connectivity index (χ3n) is 5.96. The molecule has 0 aliphatic carbocycles. The average molecular weight is 443 g/mol. The molecule has 0 radical (unpaired) electrons. The van der Waals surface area contributed by atoms with E-state index < -0.39 is 10.0 Å². The van der Waals surface area contributed by atoms with E-state index in [0.29, 0.717) is 37.5 Å². The van der Waals surface area contributed by atoms with E-state index in [1.54, 1.807) is 4.31 Å². The highest BCUT2D eigenvalue weighted by Crippen LogP contribution is 2.23. The smallest absolute Gasteiger partial charge is 0.253 e. The molecule has 2 aliphatic rings. The Morgan fingerprint density at radius 3 is 2.58 bits per heavy atom. The standard InChI is InChI=1S/C24H30N2O4S/c1-19-7-5-9-21(15-19)24(27)25-14-11-23(17-25)30-22-10-6-8-20(16-22)18-31(28,29)26-12-3-2-4-13-26/h5-10,15-16,23H,2-4,11-14,17-18H2,1H3/t23-/m1/s1. The predicted molar refractivity (Wildman–Crippen MR) is 121 cm³/mol. The van der Waals surface area contributed by atoms with E-state index in [4.69, 9.17) is 4.74 Å². The SMILES string of the molecule is Cc1cccc(C(=O)N2CC[C@@H](Oc3cccc(CS(=O)(=O)N4CCCCC4)c3)C2)c1. The summed E-state index contributed by atoms with van der Waals surface area (Å²) >= 11 is 0. The third kappa shape index (κ3) is 5.46. The van der Waals surface area contributed by atoms with Gasteiger partial charge in [-0.1, -0.05) is 36.2 Å². The molecule has 2 saturated heterocycles. The minimum absolute atomic E-state index is 0.00711. The number of hydrogen-bond donors (Lipinski definition) is 0. The maximum Gasteiger partial charge on any atom is 0.253 e. The molecule has 2 aliphatic heterocycles. The molecule has 7 heteroatoms. The highest BCUT2D eigenvalue weighted by Gasteiger charge is 2.29. The van der Waals surface area contributed by atoms with E-state index in [0.717, 1.165) is 36.8 Å². The van der Waals surface area contributed by atoms with Gasteiger partial charge in [-0.2, -0.15) is 0 Å². The van der Waals surface area contributed by atoms with Crippen molar-refractivity contribution in [3.05, 3.63) is 65.2 Å². The van der Waals surface area contributed by atoms with Gasteiger partial charge in [-0.05, 0) is 49.6 Å². The predicted octanol–water partition coefficient (Wildman–Crippen LogP) is 3.60. The first kappa shape index (κ1) is 21.8. The Morgan fingerprint density at radius 2 is 1.81 bits per heavy atom. The molecule has 0 saturated carbocycles. The van der Waals surface area contributed by atoms with Crippen LogP contribution in [0.1, 0.15) is 47.2 Å². The van der Waals surface area contributed by atoms with Crippen molar-refractivity contribution in [1.29, 1.82) is 0 Å². The number of aryl methyl sites for hydroxylation is 1. The number of carbonyl (C=O) groups is 1. The van der Waals surface area contributed by atoms with Crippen LogP contribution in [0.25, 0.3) is 0 Å². The lowest BCUT2D eigenvalue weighted by Gasteiger charge is -2.26. The Kier molecular flexibility index (Phi) is 6.62. The van der Waals surface area contributed by atoms with Gasteiger partial charge in [0.25, 0.3) is 5.91 Å². The first-order chi connectivity index (χ1) is 14.9. The summed E-state index contributed by atoms with van der Waals surface area (Å²) in [5, 5.41) is 0. The molecule has 1 atom stereocenters. The van der Waals surface area contributed by atoms with Crippen LogP contribution in [0, 0.1) is 6.92 Å². The molecule has 0 aromatic heterocycles. The number of sulfonamides is 1. The second-order valence-corrected chi connectivity index (χ2v) is 10.5. The summed E-state index contributed by atoms with van der Waals surface area (Å²) in [5.74, 6) is 0.671. The molecular formula is C24H30N2O4S. The normalized spacial score (nSPS) is 20.0. The number of carbonyl (C=O) groups excluding carboxylic acids is 1. The van der Waals surface area contributed by atoms with Crippen LogP contribution in [0.5, 0.6) is 5.75 Å². The summed E-state index contributed by atoms with van der Waals surface area (Å²) in [5.41, 5.74) is 2.49. The molecule has 2 fully saturated rings. The fraction of sp³-hybridized carbons (Fsp3) is 0.458. The number of benzene rings is 2. The lowest BCUT2D eigenvalue weighted by atomic mass is 10.1. The zero-order valence-corrected chi connectivity index (χ0v) is 18.8. The van der Waals surface area contributed by atoms with Gasteiger partial charge < -0.3 is 9.64 Å². The summed E-state index contributed by atoms with van der Waals surface area (Å²) in [7, 11) is -3.31. The number of rotatable bonds is 6. The summed E-state index contributed by atoms with van der Waals surface area (Å²) in [6.07, 6.45) is 3.63. The van der Waals surface area contributed by atoms with Crippen LogP contribution in [-0.2, 0) is 15.8 Å². The first-order valence-corrected chi connectivity index (χ1v) is 12.6. The molecule has 2 heterocycles. The van der Waals surface area contributed by atoms with Crippen molar-refractivity contribution in [1.82, 2.24) is 9.21 Å². The van der Waals surface area contributed by atoms with Crippen LogP contribution < -0.4 is 4.74 Å². The molecule has 0 spiro atoms. The summed E-state index contributed by atoms with van der Waals surface area (Å²) in [4.78, 5) is 14.6. The summed E-state index contributed by atoms with van der Waals surface area (Å²) < 4.78 is 33.2. The van der Waals surface area contributed by atoms with Crippen molar-refractivity contribution in [3.63, 3.8) is 0 Å². The van der Waals surface area contributed by atoms with E-state index in [9.17, 15) is 13.2 Å². The largest absolute Gasteiger partial charge is 0.489 e. The monoisotopic (exact) mass is 442 g/mol. The lowest BCUT2D eigenvalue weighted by molar-refractivity contribution is 0.0772. The Bertz CT molecular complexity index is 1030. The van der Waals surface area contributed by atoms with Crippen LogP contribution >= 0.6 is 0 Å². The minimum Gasteiger partial charge on any atom is -0.489 e. The lowest BCUT2D eigenvalue weighted by Crippen LogP contribution is -2.36. The number of ether oxygens (including phenoxy) is 1. The summed E-state index contributed by atoms with van der Waals surface area (Å²) in [6, 6.07) is 15.0. The van der Waals surface area contributed by atoms with E-state index in [1.165, 1.54) is 0 Å². The Balaban J connectivity index is 1.36. The van der Waals surface area contributed by atoms with Gasteiger partial charge in [0.1, 0.15) is 11.9 Å². The quantitative estimate of drug-likeness (QED) is 0.686. The maximum absolute atomic E-state index is 12.8. The molecule has 166 valence electrons. The van der Waals surface area contributed by atoms with Crippen molar-refractivity contribution in [2.24, 2.45) is 0 Å². The Hall–Kier alpha value is -2.38. The van der Waals surface area contributed by atoms with Gasteiger partial charge in [0.2, 0.25) is 10.0 Å². The van der Waals surface area contributed by atoms with Gasteiger partial charge in [0.15, 0.2) is 0 Å². The van der Waals surface area contributed by atoms with Crippen molar-refractivity contribution >= 4 is 15.9 Å². The average Bonchev–Trinajstić information content (AvgIpc) is 3.22. The van der Waals surface area contributed by atoms with Crippen molar-refractivity contribution < 1.29 is 17.9 Å². The van der Waals surface area contributed by atoms with Gasteiger partial charge in [-0.15, -0.1) is 0 Å². The molecule has 4 rings (SSSR count). The van der Waals surface area contributed by atoms with E-state index in [1.807, 2.05) is 60.4 Å². The van der Waals surface area contributed by atoms with Crippen molar-refractivity contribution in [2.75, 3.05) is 26.2 Å². The van der Waals surface area contributed by atoms with E-state index in [-0.39, 0.29) is 17.8 Å². The fourth-order valence-electron chi connectivity index (χ4n) is 4.32. The maximum atomic E-state index is 12.8. The fourth-order valence-corrected chi connectivity index (χ4v) is 5.91. The second-order valence-electron chi connectivity index (χ2n) is 8.51. The van der Waals surface area contributed by atoms with Gasteiger partial charge in [-0.3, -0.25) is 4.79 Å². The number of piperidine rings is 1. The van der Waals surface area contributed by atoms with Gasteiger partial charge in [0.05, 0.1) is 12.3 Å². The molecule has 0 N–H and O–H groups in total. The Morgan fingerprint density at radius 1 is 1.03 bits per heavy atom. The number of hydrogen-bond acceptors (Lipinski definition) is 4. The Labute approximate surface area is 184 Å². The van der Waals surface area contributed by atoms with Crippen LogP contribution in [0.4, 0.5) is 0 Å². The minimum atomic E-state index is -3.31. The van der Waals surface area contributed by atoms with Crippen molar-refractivity contribution in [3.8, 4) is 5.75 Å². The van der Waals surface area contributed by atoms with Crippen LogP contribution in [0.15, 0.2) is 48.5 Å². The number of amides is 1. The number of nitrogens with zero attached hydrogens (tertiary/aromatic N) is 2. The molecule has 31 heavy (non-hydrogen) atoms. The second kappa shape index (κ2) is 9.40. The van der Waals surface area contributed by atoms with E-state index in [2.05, 4.69) is 0 Å². The topological polar surface area (TPSA) is 66.9 Å². The van der Waals surface area contributed by atoms with Crippen LogP contribution in [0.3, 0.4) is 0 Å². The third-order valence-corrected chi connectivity index (χ3v) is 7.81. The zero-order valence-electron chi connectivity index (χ0n) is 18.0. The molecule has 0 unspecified atom stereocenters. The number of likely N-dealkylation sites (tertiary alicyclic amines) is 1. The zero-order chi connectivity index (χ0) is 21.8. The molecule has 6 nitrogen and oxygen atoms in total. The first-order valence-electron chi connectivity index (χ1n) is 11.0. The molecule has 2 aromatic rings. The molecule has 2 aromatic carbocycles. The highest BCUT2D eigenvalue weighted by atomic mass is 32.2. The van der Waals surface area contributed by atoms with Gasteiger partial charge in [0, 0.05) is 31.6 Å². The molecular weight excluding hydrogens is 412 g/mol. The van der Waals surface area contributed by atoms with Gasteiger partial charge >= 0.3 is 0 Å². The van der Waals surface area contributed by atoms with Crippen LogP contribution in [0.2, 0.25) is 0 Å². The van der Waals surface area contributed by atoms with Crippen LogP contribution in [-0.4, -0.2) is 55.8 Å². The highest BCUT2D eigenvalue weighted by molar-refractivity contribution is 7.88. The molecule has 1 amide bonds. The molecule has 0 bridgehead atoms. The van der Waals surface area contributed by atoms with Gasteiger partial charge in [-0.25, -0.2) is 12.7 Å².